The van der Waals surface area contributed by atoms with E-state index in [0.717, 1.165) is 17.0 Å². The Balaban J connectivity index is 2.11. The minimum absolute atomic E-state index is 0.177. The number of carbonyl (C=O) groups excluding carboxylic acids is 2. The lowest BCUT2D eigenvalue weighted by Crippen LogP contribution is -2.51. The molecule has 3 aromatic carbocycles. The minimum atomic E-state index is -4.90. The molecular formula is C28H27Cl3F3N3O4S. The van der Waals surface area contributed by atoms with Gasteiger partial charge in [0.05, 0.1) is 31.2 Å². The summed E-state index contributed by atoms with van der Waals surface area (Å²) in [7, 11) is -4.57. The Morgan fingerprint density at radius 3 is 2.17 bits per heavy atom. The van der Waals surface area contributed by atoms with Gasteiger partial charge in [-0.3, -0.25) is 13.9 Å². The molecule has 1 atom stereocenters. The molecule has 1 N–H and O–H groups in total. The Labute approximate surface area is 257 Å². The molecule has 0 aromatic heterocycles. The molecule has 226 valence electrons. The Morgan fingerprint density at radius 1 is 0.929 bits per heavy atom. The number of nitrogens with zero attached hydrogens (tertiary/aromatic N) is 2. The smallest absolute Gasteiger partial charge is 0.354 e. The van der Waals surface area contributed by atoms with Crippen LogP contribution in [0.2, 0.25) is 15.1 Å². The van der Waals surface area contributed by atoms with E-state index < -0.39 is 56.9 Å². The topological polar surface area (TPSA) is 86.8 Å². The quantitative estimate of drug-likeness (QED) is 0.244. The zero-order chi connectivity index (χ0) is 31.2. The van der Waals surface area contributed by atoms with Gasteiger partial charge < -0.3 is 10.2 Å². The van der Waals surface area contributed by atoms with Gasteiger partial charge in [0.15, 0.2) is 0 Å². The second-order valence-corrected chi connectivity index (χ2v) is 12.3. The Bertz CT molecular complexity index is 1540. The lowest BCUT2D eigenvalue weighted by Gasteiger charge is -2.32. The highest BCUT2D eigenvalue weighted by Gasteiger charge is 2.37. The lowest BCUT2D eigenvalue weighted by molar-refractivity contribution is -0.139. The summed E-state index contributed by atoms with van der Waals surface area (Å²) in [5.41, 5.74) is -1.24. The molecule has 0 bridgehead atoms. The van der Waals surface area contributed by atoms with Crippen molar-refractivity contribution < 1.29 is 31.2 Å². The van der Waals surface area contributed by atoms with E-state index in [9.17, 15) is 31.2 Å². The van der Waals surface area contributed by atoms with Crippen LogP contribution in [0, 0.1) is 0 Å². The van der Waals surface area contributed by atoms with Gasteiger partial charge in [0.25, 0.3) is 10.0 Å². The predicted molar refractivity (Wildman–Crippen MR) is 157 cm³/mol. The maximum atomic E-state index is 13.9. The maximum absolute atomic E-state index is 13.9. The van der Waals surface area contributed by atoms with Crippen molar-refractivity contribution in [3.63, 3.8) is 0 Å². The summed E-state index contributed by atoms with van der Waals surface area (Å²) in [5, 5.41) is 2.50. The average molecular weight is 665 g/mol. The second kappa shape index (κ2) is 14.0. The van der Waals surface area contributed by atoms with Crippen molar-refractivity contribution in [2.75, 3.05) is 17.4 Å². The van der Waals surface area contributed by atoms with Crippen molar-refractivity contribution in [2.24, 2.45) is 0 Å². The minimum Gasteiger partial charge on any atom is -0.354 e. The van der Waals surface area contributed by atoms with Gasteiger partial charge in [0, 0.05) is 13.1 Å². The molecule has 0 saturated heterocycles. The number of nitrogens with one attached hydrogen (secondary N) is 1. The van der Waals surface area contributed by atoms with E-state index in [4.69, 9.17) is 34.8 Å². The average Bonchev–Trinajstić information content (AvgIpc) is 2.94. The molecule has 0 aliphatic rings. The number of alkyl halides is 3. The SMILES string of the molecule is CCCNC(=O)[C@H](C)N(Cc1ccc(Cl)c(Cl)c1)C(=O)CN(c1ccc(Cl)c(C(F)(F)F)c1)S(=O)(=O)c1ccccc1. The number of hydrogen-bond acceptors (Lipinski definition) is 4. The van der Waals surface area contributed by atoms with Crippen molar-refractivity contribution >= 4 is 62.3 Å². The van der Waals surface area contributed by atoms with Gasteiger partial charge in [0.1, 0.15) is 12.6 Å². The molecule has 0 aliphatic heterocycles. The molecule has 0 heterocycles. The zero-order valence-electron chi connectivity index (χ0n) is 22.5. The molecule has 0 radical (unpaired) electrons. The molecular weight excluding hydrogens is 638 g/mol. The van der Waals surface area contributed by atoms with Gasteiger partial charge in [0.2, 0.25) is 11.8 Å². The molecule has 3 rings (SSSR count). The van der Waals surface area contributed by atoms with Crippen LogP contribution < -0.4 is 9.62 Å². The number of hydrogen-bond donors (Lipinski definition) is 1. The van der Waals surface area contributed by atoms with Gasteiger partial charge >= 0.3 is 6.18 Å². The first-order chi connectivity index (χ1) is 19.7. The third-order valence-corrected chi connectivity index (χ3v) is 9.06. The van der Waals surface area contributed by atoms with Crippen LogP contribution in [0.15, 0.2) is 71.6 Å². The van der Waals surface area contributed by atoms with Crippen molar-refractivity contribution in [2.45, 2.75) is 43.9 Å². The van der Waals surface area contributed by atoms with E-state index >= 15 is 0 Å². The third kappa shape index (κ3) is 8.09. The highest BCUT2D eigenvalue weighted by Crippen LogP contribution is 2.38. The first-order valence-electron chi connectivity index (χ1n) is 12.6. The normalized spacial score (nSPS) is 12.5. The van der Waals surface area contributed by atoms with Gasteiger partial charge in [-0.05, 0) is 61.4 Å². The number of sulfonamides is 1. The fraction of sp³-hybridized carbons (Fsp3) is 0.286. The van der Waals surface area contributed by atoms with Crippen molar-refractivity contribution in [3.05, 3.63) is 92.9 Å². The zero-order valence-corrected chi connectivity index (χ0v) is 25.5. The monoisotopic (exact) mass is 663 g/mol. The summed E-state index contributed by atoms with van der Waals surface area (Å²) in [6, 6.07) is 13.0. The summed E-state index contributed by atoms with van der Waals surface area (Å²) < 4.78 is 69.2. The first kappa shape index (κ1) is 33.5. The van der Waals surface area contributed by atoms with Crippen LogP contribution in [0.3, 0.4) is 0 Å². The highest BCUT2D eigenvalue weighted by molar-refractivity contribution is 7.92. The molecule has 14 heteroatoms. The molecule has 0 fully saturated rings. The van der Waals surface area contributed by atoms with Gasteiger partial charge in [-0.2, -0.15) is 13.2 Å². The van der Waals surface area contributed by atoms with Crippen molar-refractivity contribution in [1.82, 2.24) is 10.2 Å². The fourth-order valence-corrected chi connectivity index (χ4v) is 5.92. The van der Waals surface area contributed by atoms with Gasteiger partial charge in [-0.1, -0.05) is 66.0 Å². The predicted octanol–water partition coefficient (Wildman–Crippen LogP) is 6.80. The number of carbonyl (C=O) groups is 2. The van der Waals surface area contributed by atoms with Crippen LogP contribution in [0.4, 0.5) is 18.9 Å². The summed E-state index contributed by atoms with van der Waals surface area (Å²) >= 11 is 17.9. The number of amides is 2. The molecule has 0 unspecified atom stereocenters. The summed E-state index contributed by atoms with van der Waals surface area (Å²) in [6.45, 7) is 2.53. The summed E-state index contributed by atoms with van der Waals surface area (Å²) in [4.78, 5) is 27.6. The van der Waals surface area contributed by atoms with Gasteiger partial charge in [-0.15, -0.1) is 0 Å². The van der Waals surface area contributed by atoms with Crippen LogP contribution in [0.25, 0.3) is 0 Å². The third-order valence-electron chi connectivity index (χ3n) is 6.21. The van der Waals surface area contributed by atoms with Crippen LogP contribution in [-0.4, -0.2) is 44.3 Å². The van der Waals surface area contributed by atoms with Crippen molar-refractivity contribution in [1.29, 1.82) is 0 Å². The molecule has 3 aromatic rings. The second-order valence-electron chi connectivity index (χ2n) is 9.22. The van der Waals surface area contributed by atoms with Crippen molar-refractivity contribution in [3.8, 4) is 0 Å². The number of anilines is 1. The number of benzene rings is 3. The molecule has 0 aliphatic carbocycles. The van der Waals surface area contributed by atoms with E-state index in [1.54, 1.807) is 12.1 Å². The number of halogens is 6. The molecule has 7 nitrogen and oxygen atoms in total. The summed E-state index contributed by atoms with van der Waals surface area (Å²) in [6.07, 6.45) is -4.27. The van der Waals surface area contributed by atoms with Crippen LogP contribution in [0.1, 0.15) is 31.4 Å². The maximum Gasteiger partial charge on any atom is 0.417 e. The highest BCUT2D eigenvalue weighted by atomic mass is 35.5. The fourth-order valence-electron chi connectivity index (χ4n) is 3.95. The van der Waals surface area contributed by atoms with Crippen LogP contribution in [0.5, 0.6) is 0 Å². The van der Waals surface area contributed by atoms with E-state index in [-0.39, 0.29) is 21.5 Å². The molecule has 0 saturated carbocycles. The molecule has 0 spiro atoms. The van der Waals surface area contributed by atoms with E-state index in [0.29, 0.717) is 28.9 Å². The van der Waals surface area contributed by atoms with Crippen LogP contribution in [-0.2, 0) is 32.3 Å². The lowest BCUT2D eigenvalue weighted by atomic mass is 10.1. The Hall–Kier alpha value is -2.99. The molecule has 42 heavy (non-hydrogen) atoms. The van der Waals surface area contributed by atoms with Crippen LogP contribution >= 0.6 is 34.8 Å². The standard InChI is InChI=1S/C28H27Cl3F3N3O4S/c1-3-13-35-27(39)18(2)36(16-19-9-11-24(30)25(31)14-19)26(38)17-37(42(40,41)21-7-5-4-6-8-21)20-10-12-23(29)22(15-20)28(32,33)34/h4-12,14-15,18H,3,13,16-17H2,1-2H3,(H,35,39)/t18-/m0/s1. The largest absolute Gasteiger partial charge is 0.417 e. The molecule has 2 amide bonds. The summed E-state index contributed by atoms with van der Waals surface area (Å²) in [5.74, 6) is -1.36. The number of rotatable bonds is 11. The Kier molecular flexibility index (Phi) is 11.2. The van der Waals surface area contributed by atoms with E-state index in [1.165, 1.54) is 43.3 Å². The van der Waals surface area contributed by atoms with Gasteiger partial charge in [-0.25, -0.2) is 8.42 Å². The first-order valence-corrected chi connectivity index (χ1v) is 15.2. The van der Waals surface area contributed by atoms with E-state index in [1.807, 2.05) is 6.92 Å². The van der Waals surface area contributed by atoms with E-state index in [2.05, 4.69) is 5.32 Å². The Morgan fingerprint density at radius 2 is 1.57 bits per heavy atom.